The summed E-state index contributed by atoms with van der Waals surface area (Å²) in [6.45, 7) is 5.20. The van der Waals surface area contributed by atoms with E-state index >= 15 is 0 Å². The van der Waals surface area contributed by atoms with Crippen molar-refractivity contribution >= 4 is 12.0 Å². The van der Waals surface area contributed by atoms with Gasteiger partial charge in [-0.05, 0) is 5.41 Å². The van der Waals surface area contributed by atoms with E-state index in [0.29, 0.717) is 0 Å². The first-order valence-corrected chi connectivity index (χ1v) is 3.54. The standard InChI is InChI=1S/C7H14N2O3/c1-7(2,3)4(5(8)10)9-6(11)12/h4,9H,1-3H3,(H2,8,10)(H,11,12)/t4-/m0/s1. The predicted octanol–water partition coefficient (Wildman–Crippen LogP) is 0.154. The highest BCUT2D eigenvalue weighted by Crippen LogP contribution is 2.18. The van der Waals surface area contributed by atoms with Crippen LogP contribution in [0.2, 0.25) is 0 Å². The summed E-state index contributed by atoms with van der Waals surface area (Å²) < 4.78 is 0. The average molecular weight is 174 g/mol. The van der Waals surface area contributed by atoms with Gasteiger partial charge in [0.1, 0.15) is 6.04 Å². The molecule has 0 rings (SSSR count). The van der Waals surface area contributed by atoms with E-state index in [9.17, 15) is 9.59 Å². The number of hydrogen-bond acceptors (Lipinski definition) is 2. The number of carboxylic acid groups (broad SMARTS) is 1. The summed E-state index contributed by atoms with van der Waals surface area (Å²) >= 11 is 0. The van der Waals surface area contributed by atoms with E-state index in [2.05, 4.69) is 5.32 Å². The lowest BCUT2D eigenvalue weighted by Crippen LogP contribution is -2.51. The molecule has 0 bridgehead atoms. The molecule has 70 valence electrons. The van der Waals surface area contributed by atoms with E-state index in [1.54, 1.807) is 20.8 Å². The van der Waals surface area contributed by atoms with Crippen LogP contribution < -0.4 is 11.1 Å². The van der Waals surface area contributed by atoms with E-state index < -0.39 is 23.5 Å². The van der Waals surface area contributed by atoms with Gasteiger partial charge in [0, 0.05) is 0 Å². The Kier molecular flexibility index (Phi) is 3.06. The van der Waals surface area contributed by atoms with Crippen molar-refractivity contribution in [3.8, 4) is 0 Å². The summed E-state index contributed by atoms with van der Waals surface area (Å²) in [5.74, 6) is -0.662. The fraction of sp³-hybridized carbons (Fsp3) is 0.714. The Morgan fingerprint density at radius 2 is 1.83 bits per heavy atom. The maximum absolute atomic E-state index is 10.8. The third-order valence-corrected chi connectivity index (χ3v) is 1.42. The molecule has 5 nitrogen and oxygen atoms in total. The summed E-state index contributed by atoms with van der Waals surface area (Å²) in [7, 11) is 0. The lowest BCUT2D eigenvalue weighted by Gasteiger charge is -2.27. The number of amides is 2. The predicted molar refractivity (Wildman–Crippen MR) is 43.6 cm³/mol. The van der Waals surface area contributed by atoms with E-state index in [0.717, 1.165) is 0 Å². The highest BCUT2D eigenvalue weighted by atomic mass is 16.4. The van der Waals surface area contributed by atoms with E-state index in [-0.39, 0.29) is 0 Å². The number of carbonyl (C=O) groups excluding carboxylic acids is 1. The number of primary amides is 1. The Hall–Kier alpha value is -1.26. The van der Waals surface area contributed by atoms with Crippen LogP contribution in [0, 0.1) is 5.41 Å². The molecule has 1 atom stereocenters. The minimum absolute atomic E-state index is 0.496. The van der Waals surface area contributed by atoms with Gasteiger partial charge in [-0.2, -0.15) is 0 Å². The maximum atomic E-state index is 10.8. The summed E-state index contributed by atoms with van der Waals surface area (Å²) in [6.07, 6.45) is -1.24. The lowest BCUT2D eigenvalue weighted by molar-refractivity contribution is -0.122. The van der Waals surface area contributed by atoms with E-state index in [1.165, 1.54) is 0 Å². The van der Waals surface area contributed by atoms with Crippen molar-refractivity contribution in [2.45, 2.75) is 26.8 Å². The quantitative estimate of drug-likeness (QED) is 0.556. The third kappa shape index (κ3) is 3.23. The number of hydrogen-bond donors (Lipinski definition) is 3. The lowest BCUT2D eigenvalue weighted by atomic mass is 9.86. The highest BCUT2D eigenvalue weighted by Gasteiger charge is 2.30. The van der Waals surface area contributed by atoms with Crippen LogP contribution in [0.5, 0.6) is 0 Å². The van der Waals surface area contributed by atoms with Gasteiger partial charge in [-0.1, -0.05) is 20.8 Å². The number of carbonyl (C=O) groups is 2. The molecule has 0 spiro atoms. The van der Waals surface area contributed by atoms with Crippen molar-refractivity contribution in [3.05, 3.63) is 0 Å². The molecule has 2 amide bonds. The van der Waals surface area contributed by atoms with Crippen molar-refractivity contribution in [1.82, 2.24) is 5.32 Å². The highest BCUT2D eigenvalue weighted by molar-refractivity contribution is 5.84. The minimum Gasteiger partial charge on any atom is -0.465 e. The Morgan fingerprint density at radius 3 is 1.92 bits per heavy atom. The van der Waals surface area contributed by atoms with Crippen LogP contribution in [0.15, 0.2) is 0 Å². The van der Waals surface area contributed by atoms with Crippen molar-refractivity contribution in [2.75, 3.05) is 0 Å². The number of rotatable bonds is 2. The van der Waals surface area contributed by atoms with Crippen LogP contribution >= 0.6 is 0 Å². The molecule has 0 saturated heterocycles. The summed E-state index contributed by atoms with van der Waals surface area (Å²) in [6, 6.07) is -0.852. The fourth-order valence-corrected chi connectivity index (χ4v) is 0.838. The molecule has 0 radical (unpaired) electrons. The van der Waals surface area contributed by atoms with Crippen molar-refractivity contribution in [2.24, 2.45) is 11.1 Å². The SMILES string of the molecule is CC(C)(C)[C@@H](NC(=O)O)C(N)=O. The van der Waals surface area contributed by atoms with Crippen LogP contribution in [0.1, 0.15) is 20.8 Å². The largest absolute Gasteiger partial charge is 0.465 e. The normalized spacial score (nSPS) is 13.6. The Morgan fingerprint density at radius 1 is 1.42 bits per heavy atom. The van der Waals surface area contributed by atoms with Gasteiger partial charge in [-0.25, -0.2) is 4.79 Å². The molecule has 0 aromatic rings. The molecule has 0 aromatic carbocycles. The zero-order valence-corrected chi connectivity index (χ0v) is 7.42. The molecule has 0 aromatic heterocycles. The Balaban J connectivity index is 4.46. The van der Waals surface area contributed by atoms with Gasteiger partial charge in [-0.15, -0.1) is 0 Å². The van der Waals surface area contributed by atoms with Gasteiger partial charge >= 0.3 is 6.09 Å². The van der Waals surface area contributed by atoms with Crippen molar-refractivity contribution < 1.29 is 14.7 Å². The second kappa shape index (κ2) is 3.42. The molecule has 12 heavy (non-hydrogen) atoms. The second-order valence-corrected chi connectivity index (χ2v) is 3.65. The van der Waals surface area contributed by atoms with Crippen LogP contribution in [-0.4, -0.2) is 23.1 Å². The average Bonchev–Trinajstić information content (AvgIpc) is 1.79. The van der Waals surface area contributed by atoms with Crippen molar-refractivity contribution in [1.29, 1.82) is 0 Å². The monoisotopic (exact) mass is 174 g/mol. The number of nitrogens with one attached hydrogen (secondary N) is 1. The molecule has 0 heterocycles. The van der Waals surface area contributed by atoms with Crippen LogP contribution in [-0.2, 0) is 4.79 Å². The van der Waals surface area contributed by atoms with Gasteiger partial charge in [0.15, 0.2) is 0 Å². The van der Waals surface area contributed by atoms with Crippen LogP contribution in [0.25, 0.3) is 0 Å². The zero-order chi connectivity index (χ0) is 9.94. The molecule has 0 aliphatic rings. The summed E-state index contributed by atoms with van der Waals surface area (Å²) in [4.78, 5) is 21.0. The molecule has 0 aliphatic carbocycles. The Labute approximate surface area is 70.9 Å². The van der Waals surface area contributed by atoms with Gasteiger partial charge < -0.3 is 16.2 Å². The van der Waals surface area contributed by atoms with Gasteiger partial charge in [-0.3, -0.25) is 4.79 Å². The third-order valence-electron chi connectivity index (χ3n) is 1.42. The van der Waals surface area contributed by atoms with Crippen LogP contribution in [0.3, 0.4) is 0 Å². The first-order valence-electron chi connectivity index (χ1n) is 3.54. The molecule has 0 unspecified atom stereocenters. The van der Waals surface area contributed by atoms with Gasteiger partial charge in [0.2, 0.25) is 5.91 Å². The Bertz CT molecular complexity index is 195. The van der Waals surface area contributed by atoms with Gasteiger partial charge in [0.25, 0.3) is 0 Å². The topological polar surface area (TPSA) is 92.4 Å². The van der Waals surface area contributed by atoms with Crippen LogP contribution in [0.4, 0.5) is 4.79 Å². The minimum atomic E-state index is -1.24. The van der Waals surface area contributed by atoms with Gasteiger partial charge in [0.05, 0.1) is 0 Å². The molecule has 4 N–H and O–H groups in total. The summed E-state index contributed by atoms with van der Waals surface area (Å²) in [5, 5.41) is 10.4. The molecule has 0 saturated carbocycles. The molecular formula is C7H14N2O3. The van der Waals surface area contributed by atoms with E-state index in [4.69, 9.17) is 10.8 Å². The zero-order valence-electron chi connectivity index (χ0n) is 7.42. The fourth-order valence-electron chi connectivity index (χ4n) is 0.838. The molecular weight excluding hydrogens is 160 g/mol. The maximum Gasteiger partial charge on any atom is 0.405 e. The first-order chi connectivity index (χ1) is 5.25. The summed E-state index contributed by atoms with van der Waals surface area (Å²) in [5.41, 5.74) is 4.51. The molecule has 0 aliphatic heterocycles. The molecule has 5 heteroatoms. The van der Waals surface area contributed by atoms with E-state index in [1.807, 2.05) is 0 Å². The number of nitrogens with two attached hydrogens (primary N) is 1. The second-order valence-electron chi connectivity index (χ2n) is 3.65. The molecule has 0 fully saturated rings. The first kappa shape index (κ1) is 10.7. The van der Waals surface area contributed by atoms with Crippen molar-refractivity contribution in [3.63, 3.8) is 0 Å². The smallest absolute Gasteiger partial charge is 0.405 e.